The standard InChI is InChI=1S/C20H22N4O2/c1-25-17-9-7-16(8-10-17)24-20-13-19(22-14-23-20)21-12-11-15-5-3-4-6-18(15)26-2/h3-10,13-14H,11-12H2,1-2H3,(H2,21,22,23,24). The number of aromatic nitrogens is 2. The van der Waals surface area contributed by atoms with E-state index in [9.17, 15) is 0 Å². The summed E-state index contributed by atoms with van der Waals surface area (Å²) in [6.45, 7) is 0.749. The Bertz CT molecular complexity index is 837. The van der Waals surface area contributed by atoms with Crippen molar-refractivity contribution in [1.82, 2.24) is 9.97 Å². The third kappa shape index (κ3) is 4.63. The van der Waals surface area contributed by atoms with Crippen LogP contribution >= 0.6 is 0 Å². The van der Waals surface area contributed by atoms with E-state index in [2.05, 4.69) is 26.7 Å². The summed E-state index contributed by atoms with van der Waals surface area (Å²) >= 11 is 0. The zero-order chi connectivity index (χ0) is 18.2. The monoisotopic (exact) mass is 350 g/mol. The van der Waals surface area contributed by atoms with Gasteiger partial charge in [-0.15, -0.1) is 0 Å². The Balaban J connectivity index is 1.58. The molecule has 6 nitrogen and oxygen atoms in total. The predicted octanol–water partition coefficient (Wildman–Crippen LogP) is 3.89. The van der Waals surface area contributed by atoms with Crippen molar-refractivity contribution in [3.63, 3.8) is 0 Å². The van der Waals surface area contributed by atoms with Crippen molar-refractivity contribution in [1.29, 1.82) is 0 Å². The van der Waals surface area contributed by atoms with Gasteiger partial charge in [-0.2, -0.15) is 0 Å². The Morgan fingerprint density at radius 2 is 1.65 bits per heavy atom. The summed E-state index contributed by atoms with van der Waals surface area (Å²) in [4.78, 5) is 8.53. The van der Waals surface area contributed by atoms with Crippen LogP contribution in [0.1, 0.15) is 5.56 Å². The molecule has 2 N–H and O–H groups in total. The van der Waals surface area contributed by atoms with Crippen LogP contribution in [-0.4, -0.2) is 30.7 Å². The third-order valence-electron chi connectivity index (χ3n) is 3.92. The van der Waals surface area contributed by atoms with Crippen molar-refractivity contribution in [2.24, 2.45) is 0 Å². The van der Waals surface area contributed by atoms with Gasteiger partial charge >= 0.3 is 0 Å². The van der Waals surface area contributed by atoms with Crippen LogP contribution in [0.5, 0.6) is 11.5 Å². The lowest BCUT2D eigenvalue weighted by molar-refractivity contribution is 0.410. The molecule has 3 rings (SSSR count). The Kier molecular flexibility index (Phi) is 5.88. The number of ether oxygens (including phenoxy) is 2. The number of benzene rings is 2. The third-order valence-corrected chi connectivity index (χ3v) is 3.92. The number of para-hydroxylation sites is 1. The Hall–Kier alpha value is -3.28. The fourth-order valence-corrected chi connectivity index (χ4v) is 2.58. The second-order valence-electron chi connectivity index (χ2n) is 5.63. The molecular formula is C20H22N4O2. The first-order chi connectivity index (χ1) is 12.8. The molecule has 6 heteroatoms. The first kappa shape index (κ1) is 17.5. The molecule has 0 atom stereocenters. The fourth-order valence-electron chi connectivity index (χ4n) is 2.58. The second-order valence-corrected chi connectivity index (χ2v) is 5.63. The lowest BCUT2D eigenvalue weighted by atomic mass is 10.1. The van der Waals surface area contributed by atoms with E-state index in [1.807, 2.05) is 48.5 Å². The van der Waals surface area contributed by atoms with Crippen LogP contribution in [-0.2, 0) is 6.42 Å². The Morgan fingerprint density at radius 1 is 0.885 bits per heavy atom. The number of methoxy groups -OCH3 is 2. The van der Waals surface area contributed by atoms with E-state index in [-0.39, 0.29) is 0 Å². The Labute approximate surface area is 153 Å². The van der Waals surface area contributed by atoms with Gasteiger partial charge in [0.15, 0.2) is 0 Å². The Morgan fingerprint density at radius 3 is 2.42 bits per heavy atom. The van der Waals surface area contributed by atoms with Crippen molar-refractivity contribution in [2.75, 3.05) is 31.4 Å². The van der Waals surface area contributed by atoms with Gasteiger partial charge in [-0.25, -0.2) is 9.97 Å². The predicted molar refractivity (Wildman–Crippen MR) is 103 cm³/mol. The van der Waals surface area contributed by atoms with Crippen LogP contribution < -0.4 is 20.1 Å². The minimum absolute atomic E-state index is 0.727. The zero-order valence-electron chi connectivity index (χ0n) is 14.9. The van der Waals surface area contributed by atoms with Gasteiger partial charge in [0.1, 0.15) is 29.5 Å². The fraction of sp³-hybridized carbons (Fsp3) is 0.200. The summed E-state index contributed by atoms with van der Waals surface area (Å²) < 4.78 is 10.5. The van der Waals surface area contributed by atoms with E-state index in [1.54, 1.807) is 14.2 Å². The van der Waals surface area contributed by atoms with Gasteiger partial charge in [0.2, 0.25) is 0 Å². The number of hydrogen-bond donors (Lipinski definition) is 2. The largest absolute Gasteiger partial charge is 0.497 e. The van der Waals surface area contributed by atoms with E-state index < -0.39 is 0 Å². The van der Waals surface area contributed by atoms with E-state index in [4.69, 9.17) is 9.47 Å². The zero-order valence-corrected chi connectivity index (χ0v) is 14.9. The van der Waals surface area contributed by atoms with Crippen LogP contribution in [0.15, 0.2) is 60.9 Å². The second kappa shape index (κ2) is 8.71. The summed E-state index contributed by atoms with van der Waals surface area (Å²) in [5, 5.41) is 6.58. The maximum Gasteiger partial charge on any atom is 0.135 e. The van der Waals surface area contributed by atoms with E-state index in [0.29, 0.717) is 0 Å². The average molecular weight is 350 g/mol. The van der Waals surface area contributed by atoms with Gasteiger partial charge in [0, 0.05) is 18.3 Å². The number of rotatable bonds is 8. The molecule has 3 aromatic rings. The van der Waals surface area contributed by atoms with Crippen molar-refractivity contribution in [2.45, 2.75) is 6.42 Å². The molecule has 0 aliphatic carbocycles. The maximum absolute atomic E-state index is 5.38. The number of anilines is 3. The lowest BCUT2D eigenvalue weighted by Crippen LogP contribution is -2.08. The van der Waals surface area contributed by atoms with Gasteiger partial charge < -0.3 is 20.1 Å². The van der Waals surface area contributed by atoms with Gasteiger partial charge in [-0.1, -0.05) is 18.2 Å². The molecule has 0 unspecified atom stereocenters. The molecule has 26 heavy (non-hydrogen) atoms. The highest BCUT2D eigenvalue weighted by Crippen LogP contribution is 2.20. The highest BCUT2D eigenvalue weighted by molar-refractivity contribution is 5.59. The van der Waals surface area contributed by atoms with E-state index >= 15 is 0 Å². The molecule has 0 amide bonds. The lowest BCUT2D eigenvalue weighted by Gasteiger charge is -2.10. The molecule has 0 saturated carbocycles. The molecule has 0 aliphatic rings. The molecule has 1 heterocycles. The van der Waals surface area contributed by atoms with Crippen molar-refractivity contribution in [3.05, 3.63) is 66.5 Å². The number of nitrogens with one attached hydrogen (secondary N) is 2. The van der Waals surface area contributed by atoms with Gasteiger partial charge in [-0.3, -0.25) is 0 Å². The highest BCUT2D eigenvalue weighted by Gasteiger charge is 2.03. The average Bonchev–Trinajstić information content (AvgIpc) is 2.69. The van der Waals surface area contributed by atoms with Crippen LogP contribution in [0.2, 0.25) is 0 Å². The van der Waals surface area contributed by atoms with E-state index in [0.717, 1.165) is 47.4 Å². The highest BCUT2D eigenvalue weighted by atomic mass is 16.5. The normalized spacial score (nSPS) is 10.2. The summed E-state index contributed by atoms with van der Waals surface area (Å²) in [7, 11) is 3.34. The van der Waals surface area contributed by atoms with Crippen LogP contribution in [0.25, 0.3) is 0 Å². The number of hydrogen-bond acceptors (Lipinski definition) is 6. The summed E-state index contributed by atoms with van der Waals surface area (Å²) in [5.74, 6) is 3.21. The molecule has 1 aromatic heterocycles. The van der Waals surface area contributed by atoms with Gasteiger partial charge in [0.25, 0.3) is 0 Å². The first-order valence-corrected chi connectivity index (χ1v) is 8.37. The summed E-state index contributed by atoms with van der Waals surface area (Å²) in [6, 6.07) is 17.6. The van der Waals surface area contributed by atoms with Crippen molar-refractivity contribution < 1.29 is 9.47 Å². The van der Waals surface area contributed by atoms with Crippen LogP contribution in [0.3, 0.4) is 0 Å². The van der Waals surface area contributed by atoms with Gasteiger partial charge in [-0.05, 0) is 42.3 Å². The molecule has 0 aliphatic heterocycles. The smallest absolute Gasteiger partial charge is 0.135 e. The quantitative estimate of drug-likeness (QED) is 0.642. The first-order valence-electron chi connectivity index (χ1n) is 8.37. The molecular weight excluding hydrogens is 328 g/mol. The van der Waals surface area contributed by atoms with Crippen LogP contribution in [0, 0.1) is 0 Å². The number of nitrogens with zero attached hydrogens (tertiary/aromatic N) is 2. The molecule has 0 fully saturated rings. The summed E-state index contributed by atoms with van der Waals surface area (Å²) in [5.41, 5.74) is 2.10. The van der Waals surface area contributed by atoms with Gasteiger partial charge in [0.05, 0.1) is 14.2 Å². The molecule has 0 saturated heterocycles. The maximum atomic E-state index is 5.38. The SMILES string of the molecule is COc1ccc(Nc2cc(NCCc3ccccc3OC)ncn2)cc1. The van der Waals surface area contributed by atoms with Crippen LogP contribution in [0.4, 0.5) is 17.3 Å². The molecule has 2 aromatic carbocycles. The van der Waals surface area contributed by atoms with Crippen molar-refractivity contribution in [3.8, 4) is 11.5 Å². The molecule has 0 radical (unpaired) electrons. The summed E-state index contributed by atoms with van der Waals surface area (Å²) in [6.07, 6.45) is 2.38. The molecule has 134 valence electrons. The molecule has 0 bridgehead atoms. The van der Waals surface area contributed by atoms with Crippen molar-refractivity contribution >= 4 is 17.3 Å². The topological polar surface area (TPSA) is 68.3 Å². The molecule has 0 spiro atoms. The minimum Gasteiger partial charge on any atom is -0.497 e. The minimum atomic E-state index is 0.727. The van der Waals surface area contributed by atoms with E-state index in [1.165, 1.54) is 6.33 Å².